The van der Waals surface area contributed by atoms with Crippen molar-refractivity contribution in [3.63, 3.8) is 0 Å². The second-order valence-corrected chi connectivity index (χ2v) is 14.3. The molecular formula is C36H46Cl2N2O8. The van der Waals surface area contributed by atoms with Crippen molar-refractivity contribution < 1.29 is 39.1 Å². The summed E-state index contributed by atoms with van der Waals surface area (Å²) in [6.07, 6.45) is 2.29. The van der Waals surface area contributed by atoms with Crippen molar-refractivity contribution in [2.24, 2.45) is 17.8 Å². The quantitative estimate of drug-likeness (QED) is 0.251. The number of hydrogen-bond acceptors (Lipinski definition) is 8. The summed E-state index contributed by atoms with van der Waals surface area (Å²) in [5.41, 5.74) is 2.05. The van der Waals surface area contributed by atoms with E-state index < -0.39 is 30.1 Å². The number of aliphatic hydroxyl groups excluding tert-OH is 3. The Morgan fingerprint density at radius 3 is 2.54 bits per heavy atom. The van der Waals surface area contributed by atoms with Gasteiger partial charge in [0.1, 0.15) is 18.8 Å². The molecule has 0 bridgehead atoms. The molecule has 4 N–H and O–H groups in total. The summed E-state index contributed by atoms with van der Waals surface area (Å²) >= 11 is 12.6. The van der Waals surface area contributed by atoms with E-state index in [4.69, 9.17) is 37.4 Å². The van der Waals surface area contributed by atoms with Gasteiger partial charge in [0, 0.05) is 24.2 Å². The van der Waals surface area contributed by atoms with Gasteiger partial charge in [-0.05, 0) is 72.1 Å². The van der Waals surface area contributed by atoms with Crippen molar-refractivity contribution in [3.05, 3.63) is 68.7 Å². The van der Waals surface area contributed by atoms with E-state index in [-0.39, 0.29) is 50.5 Å². The van der Waals surface area contributed by atoms with Crippen molar-refractivity contribution >= 4 is 35.0 Å². The van der Waals surface area contributed by atoms with Crippen molar-refractivity contribution in [1.82, 2.24) is 10.2 Å². The third kappa shape index (κ3) is 7.64. The summed E-state index contributed by atoms with van der Waals surface area (Å²) in [6, 6.07) is 7.44. The Balaban J connectivity index is 1.54. The second-order valence-electron chi connectivity index (χ2n) is 13.5. The highest BCUT2D eigenvalue weighted by Gasteiger charge is 2.51. The minimum Gasteiger partial charge on any atom is -0.493 e. The predicted molar refractivity (Wildman–Crippen MR) is 182 cm³/mol. The Morgan fingerprint density at radius 2 is 1.88 bits per heavy atom. The van der Waals surface area contributed by atoms with Crippen molar-refractivity contribution in [3.8, 4) is 11.5 Å². The summed E-state index contributed by atoms with van der Waals surface area (Å²) in [5.74, 6) is 0.321. The van der Waals surface area contributed by atoms with Crippen LogP contribution >= 0.6 is 23.2 Å². The van der Waals surface area contributed by atoms with Gasteiger partial charge in [0.15, 0.2) is 11.5 Å². The molecule has 1 fully saturated rings. The van der Waals surface area contributed by atoms with Crippen LogP contribution in [0.1, 0.15) is 62.6 Å². The molecule has 2 aromatic rings. The Morgan fingerprint density at radius 1 is 1.10 bits per heavy atom. The molecule has 0 spiro atoms. The van der Waals surface area contributed by atoms with Crippen LogP contribution in [0.15, 0.2) is 42.0 Å². The molecule has 1 saturated carbocycles. The molecule has 10 nitrogen and oxygen atoms in total. The summed E-state index contributed by atoms with van der Waals surface area (Å²) in [7, 11) is 1.47. The lowest BCUT2D eigenvalue weighted by atomic mass is 9.75. The van der Waals surface area contributed by atoms with E-state index in [0.717, 1.165) is 19.3 Å². The first-order valence-corrected chi connectivity index (χ1v) is 17.3. The average Bonchev–Trinajstić information content (AvgIpc) is 3.46. The Hall–Kier alpha value is -2.86. The Labute approximate surface area is 292 Å². The number of aliphatic hydroxyl groups is 3. The van der Waals surface area contributed by atoms with Crippen LogP contribution in [-0.4, -0.2) is 83.3 Å². The summed E-state index contributed by atoms with van der Waals surface area (Å²) in [5, 5.41) is 34.8. The van der Waals surface area contributed by atoms with Gasteiger partial charge in [-0.3, -0.25) is 9.59 Å². The van der Waals surface area contributed by atoms with E-state index in [1.165, 1.54) is 12.0 Å². The highest BCUT2D eigenvalue weighted by molar-refractivity contribution is 6.42. The van der Waals surface area contributed by atoms with E-state index in [2.05, 4.69) is 26.1 Å². The molecule has 48 heavy (non-hydrogen) atoms. The fourth-order valence-corrected chi connectivity index (χ4v) is 7.70. The van der Waals surface area contributed by atoms with E-state index in [9.17, 15) is 24.9 Å². The van der Waals surface area contributed by atoms with E-state index in [1.54, 1.807) is 36.4 Å². The number of hydrogen-bond donors (Lipinski definition) is 4. The predicted octanol–water partition coefficient (Wildman–Crippen LogP) is 4.62. The molecule has 262 valence electrons. The number of nitrogens with one attached hydrogen (secondary N) is 1. The van der Waals surface area contributed by atoms with E-state index in [0.29, 0.717) is 56.0 Å². The fourth-order valence-electron chi connectivity index (χ4n) is 7.38. The maximum absolute atomic E-state index is 14.3. The zero-order valence-electron chi connectivity index (χ0n) is 27.8. The number of methoxy groups -OCH3 is 1. The van der Waals surface area contributed by atoms with Crippen molar-refractivity contribution in [2.45, 2.75) is 83.5 Å². The lowest BCUT2D eigenvalue weighted by Crippen LogP contribution is -2.56. The Kier molecular flexibility index (Phi) is 12.0. The third-order valence-corrected chi connectivity index (χ3v) is 10.6. The van der Waals surface area contributed by atoms with Gasteiger partial charge >= 0.3 is 0 Å². The smallest absolute Gasteiger partial charge is 0.249 e. The van der Waals surface area contributed by atoms with Crippen LogP contribution in [0.5, 0.6) is 11.5 Å². The molecule has 2 aliphatic carbocycles. The van der Waals surface area contributed by atoms with Gasteiger partial charge in [-0.25, -0.2) is 0 Å². The minimum absolute atomic E-state index is 0.00504. The van der Waals surface area contributed by atoms with E-state index in [1.807, 2.05) is 0 Å². The maximum atomic E-state index is 14.3. The number of amides is 2. The first-order valence-electron chi connectivity index (χ1n) is 16.6. The van der Waals surface area contributed by atoms with Crippen molar-refractivity contribution in [2.75, 3.05) is 26.9 Å². The lowest BCUT2D eigenvalue weighted by molar-refractivity contribution is -0.148. The zero-order valence-corrected chi connectivity index (χ0v) is 29.3. The SMILES string of the molecule is COc1cc(CO)cc2c1OC1C2C(C(=O)NCCO)=CC(N(Cc2ccc(Cl)c(Cl)c2)C(=O)COC2CC(C)CCC2C(C)C)C1O. The summed E-state index contributed by atoms with van der Waals surface area (Å²) in [6.45, 7) is 5.84. The lowest BCUT2D eigenvalue weighted by Gasteiger charge is -2.41. The summed E-state index contributed by atoms with van der Waals surface area (Å²) in [4.78, 5) is 29.5. The molecule has 3 aliphatic rings. The van der Waals surface area contributed by atoms with Gasteiger partial charge in [-0.15, -0.1) is 0 Å². The number of carbonyl (C=O) groups is 2. The van der Waals surface area contributed by atoms with Crippen LogP contribution in [-0.2, 0) is 27.5 Å². The number of fused-ring (bicyclic) bond motifs is 3. The molecule has 2 amide bonds. The number of carbonyl (C=O) groups excluding carboxylic acids is 2. The van der Waals surface area contributed by atoms with Gasteiger partial charge in [-0.2, -0.15) is 0 Å². The van der Waals surface area contributed by atoms with Gasteiger partial charge in [-0.1, -0.05) is 56.5 Å². The maximum Gasteiger partial charge on any atom is 0.249 e. The van der Waals surface area contributed by atoms with Crippen LogP contribution in [0.3, 0.4) is 0 Å². The molecule has 0 radical (unpaired) electrons. The molecule has 5 rings (SSSR count). The van der Waals surface area contributed by atoms with Crippen LogP contribution < -0.4 is 14.8 Å². The average molecular weight is 706 g/mol. The first kappa shape index (κ1) is 36.4. The van der Waals surface area contributed by atoms with Crippen LogP contribution in [0, 0.1) is 17.8 Å². The number of benzene rings is 2. The number of nitrogens with zero attached hydrogens (tertiary/aromatic N) is 1. The fraction of sp³-hybridized carbons (Fsp3) is 0.556. The molecule has 1 heterocycles. The van der Waals surface area contributed by atoms with Gasteiger partial charge in [0.2, 0.25) is 11.8 Å². The number of ether oxygens (including phenoxy) is 3. The second kappa shape index (κ2) is 15.8. The van der Waals surface area contributed by atoms with Crippen LogP contribution in [0.2, 0.25) is 10.0 Å². The highest BCUT2D eigenvalue weighted by atomic mass is 35.5. The van der Waals surface area contributed by atoms with E-state index >= 15 is 0 Å². The van der Waals surface area contributed by atoms with Gasteiger partial charge < -0.3 is 39.7 Å². The molecule has 12 heteroatoms. The topological polar surface area (TPSA) is 138 Å². The molecule has 7 unspecified atom stereocenters. The molecule has 0 aromatic heterocycles. The highest BCUT2D eigenvalue weighted by Crippen LogP contribution is 2.51. The number of rotatable bonds is 12. The largest absolute Gasteiger partial charge is 0.493 e. The van der Waals surface area contributed by atoms with Gasteiger partial charge in [0.25, 0.3) is 0 Å². The van der Waals surface area contributed by atoms with Gasteiger partial charge in [0.05, 0.1) is 48.4 Å². The summed E-state index contributed by atoms with van der Waals surface area (Å²) < 4.78 is 18.3. The molecule has 7 atom stereocenters. The van der Waals surface area contributed by atoms with Crippen LogP contribution in [0.25, 0.3) is 0 Å². The standard InChI is InChI=1S/C36H46Cl2N2O8/c1-19(2)23-7-5-20(3)11-29(23)47-18-31(43)40(16-21-6-8-26(37)27(38)13-21)28-15-25(36(45)39-9-10-41)32-24-12-22(17-42)14-30(46-4)34(24)48-35(32)33(28)44/h6,8,12-15,19-20,23,28-29,32-33,35,41-42,44H,5,7,9-11,16-18H2,1-4H3,(H,39,45). The molecule has 0 saturated heterocycles. The first-order chi connectivity index (χ1) is 23.0. The van der Waals surface area contributed by atoms with Crippen molar-refractivity contribution in [1.29, 1.82) is 0 Å². The normalized spacial score (nSPS) is 26.3. The Bertz CT molecular complexity index is 1520. The third-order valence-electron chi connectivity index (χ3n) is 9.89. The van der Waals surface area contributed by atoms with Crippen LogP contribution in [0.4, 0.5) is 0 Å². The zero-order chi connectivity index (χ0) is 34.7. The number of halogens is 2. The molecule has 2 aromatic carbocycles. The molecule has 1 aliphatic heterocycles. The monoisotopic (exact) mass is 704 g/mol. The minimum atomic E-state index is -1.27. The molecular weight excluding hydrogens is 659 g/mol.